The van der Waals surface area contributed by atoms with Crippen LogP contribution >= 0.6 is 0 Å². The quantitative estimate of drug-likeness (QED) is 0.729. The molecule has 1 rings (SSSR count). The molecule has 0 saturated carbocycles. The first-order valence-corrected chi connectivity index (χ1v) is 4.80. The molecule has 0 unspecified atom stereocenters. The van der Waals surface area contributed by atoms with Crippen LogP contribution in [-0.2, 0) is 4.79 Å². The van der Waals surface area contributed by atoms with Gasteiger partial charge in [-0.1, -0.05) is 0 Å². The van der Waals surface area contributed by atoms with Gasteiger partial charge < -0.3 is 16.0 Å². The van der Waals surface area contributed by atoms with Gasteiger partial charge in [-0.25, -0.2) is 0 Å². The number of hydrogen-bond donors (Lipinski definition) is 2. The molecular formula is C11H17N3O. The summed E-state index contributed by atoms with van der Waals surface area (Å²) in [7, 11) is 3.46. The Hall–Kier alpha value is -1.71. The lowest BCUT2D eigenvalue weighted by Gasteiger charge is -2.12. The number of nitrogens with zero attached hydrogens (tertiary/aromatic N) is 1. The minimum atomic E-state index is 0.0371. The number of nitrogen functional groups attached to an aromatic ring is 1. The molecule has 0 aliphatic rings. The van der Waals surface area contributed by atoms with Gasteiger partial charge in [-0.3, -0.25) is 4.79 Å². The summed E-state index contributed by atoms with van der Waals surface area (Å²) in [4.78, 5) is 12.9. The zero-order chi connectivity index (χ0) is 11.4. The SMILES string of the molecule is Cc1cc(N)cc(NCC(=O)N(C)C)c1. The van der Waals surface area contributed by atoms with Crippen LogP contribution in [0.15, 0.2) is 18.2 Å². The predicted molar refractivity (Wildman–Crippen MR) is 62.8 cm³/mol. The molecule has 0 fully saturated rings. The van der Waals surface area contributed by atoms with Crippen molar-refractivity contribution in [2.24, 2.45) is 0 Å². The summed E-state index contributed by atoms with van der Waals surface area (Å²) in [6.45, 7) is 2.26. The molecular weight excluding hydrogens is 190 g/mol. The molecule has 0 aromatic heterocycles. The molecule has 4 heteroatoms. The molecule has 0 aliphatic heterocycles. The number of carbonyl (C=O) groups excluding carboxylic acids is 1. The van der Waals surface area contributed by atoms with Crippen LogP contribution in [0.3, 0.4) is 0 Å². The van der Waals surface area contributed by atoms with Crippen LogP contribution in [0.2, 0.25) is 0 Å². The maximum absolute atomic E-state index is 11.3. The number of benzene rings is 1. The van der Waals surface area contributed by atoms with E-state index in [4.69, 9.17) is 5.73 Å². The first-order chi connectivity index (χ1) is 6.99. The van der Waals surface area contributed by atoms with E-state index < -0.39 is 0 Å². The number of nitrogens with one attached hydrogen (secondary N) is 1. The first-order valence-electron chi connectivity index (χ1n) is 4.80. The maximum atomic E-state index is 11.3. The van der Waals surface area contributed by atoms with Crippen LogP contribution < -0.4 is 11.1 Å². The number of anilines is 2. The minimum Gasteiger partial charge on any atom is -0.399 e. The highest BCUT2D eigenvalue weighted by molar-refractivity contribution is 5.80. The molecule has 0 saturated heterocycles. The van der Waals surface area contributed by atoms with Crippen molar-refractivity contribution >= 4 is 17.3 Å². The van der Waals surface area contributed by atoms with E-state index in [0.29, 0.717) is 5.69 Å². The molecule has 4 nitrogen and oxygen atoms in total. The Kier molecular flexibility index (Phi) is 3.55. The topological polar surface area (TPSA) is 58.4 Å². The summed E-state index contributed by atoms with van der Waals surface area (Å²) in [5.41, 5.74) is 8.35. The number of likely N-dealkylation sites (N-methyl/N-ethyl adjacent to an activating group) is 1. The highest BCUT2D eigenvalue weighted by Crippen LogP contribution is 2.15. The molecule has 3 N–H and O–H groups in total. The zero-order valence-electron chi connectivity index (χ0n) is 9.37. The monoisotopic (exact) mass is 207 g/mol. The molecule has 0 bridgehead atoms. The molecule has 0 atom stereocenters. The first kappa shape index (κ1) is 11.4. The Labute approximate surface area is 90.1 Å². The fourth-order valence-corrected chi connectivity index (χ4v) is 1.25. The standard InChI is InChI=1S/C11H17N3O/c1-8-4-9(12)6-10(5-8)13-7-11(15)14(2)3/h4-6,13H,7,12H2,1-3H3. The Bertz CT molecular complexity index is 341. The van der Waals surface area contributed by atoms with E-state index in [1.54, 1.807) is 19.0 Å². The van der Waals surface area contributed by atoms with Gasteiger partial charge in [0.1, 0.15) is 0 Å². The normalized spacial score (nSPS) is 9.80. The van der Waals surface area contributed by atoms with Crippen LogP contribution in [0.1, 0.15) is 5.56 Å². The van der Waals surface area contributed by atoms with Crippen LogP contribution in [0, 0.1) is 6.92 Å². The minimum absolute atomic E-state index is 0.0371. The van der Waals surface area contributed by atoms with Gasteiger partial charge in [0.15, 0.2) is 0 Å². The number of carbonyl (C=O) groups is 1. The van der Waals surface area contributed by atoms with Gasteiger partial charge in [-0.15, -0.1) is 0 Å². The van der Waals surface area contributed by atoms with E-state index in [0.717, 1.165) is 11.3 Å². The molecule has 1 amide bonds. The maximum Gasteiger partial charge on any atom is 0.241 e. The van der Waals surface area contributed by atoms with E-state index in [-0.39, 0.29) is 12.5 Å². The van der Waals surface area contributed by atoms with Crippen molar-refractivity contribution in [3.63, 3.8) is 0 Å². The highest BCUT2D eigenvalue weighted by Gasteiger charge is 2.03. The largest absolute Gasteiger partial charge is 0.399 e. The smallest absolute Gasteiger partial charge is 0.241 e. The Morgan fingerprint density at radius 1 is 1.40 bits per heavy atom. The third-order valence-electron chi connectivity index (χ3n) is 2.04. The van der Waals surface area contributed by atoms with Crippen molar-refractivity contribution in [1.82, 2.24) is 4.90 Å². The van der Waals surface area contributed by atoms with E-state index in [9.17, 15) is 4.79 Å². The van der Waals surface area contributed by atoms with Gasteiger partial charge in [0.2, 0.25) is 5.91 Å². The summed E-state index contributed by atoms with van der Waals surface area (Å²) >= 11 is 0. The number of rotatable bonds is 3. The second-order valence-electron chi connectivity index (χ2n) is 3.77. The fourth-order valence-electron chi connectivity index (χ4n) is 1.25. The average molecular weight is 207 g/mol. The Morgan fingerprint density at radius 3 is 2.60 bits per heavy atom. The summed E-state index contributed by atoms with van der Waals surface area (Å²) in [5.74, 6) is 0.0371. The summed E-state index contributed by atoms with van der Waals surface area (Å²) < 4.78 is 0. The molecule has 0 heterocycles. The lowest BCUT2D eigenvalue weighted by atomic mass is 10.2. The Morgan fingerprint density at radius 2 is 2.07 bits per heavy atom. The van der Waals surface area contributed by atoms with Crippen molar-refractivity contribution in [2.75, 3.05) is 31.7 Å². The van der Waals surface area contributed by atoms with Crippen LogP contribution in [-0.4, -0.2) is 31.4 Å². The number of hydrogen-bond acceptors (Lipinski definition) is 3. The van der Waals surface area contributed by atoms with Crippen LogP contribution in [0.4, 0.5) is 11.4 Å². The van der Waals surface area contributed by atoms with Crippen LogP contribution in [0.5, 0.6) is 0 Å². The number of aryl methyl sites for hydroxylation is 1. The van der Waals surface area contributed by atoms with Gasteiger partial charge in [0, 0.05) is 25.5 Å². The van der Waals surface area contributed by atoms with Gasteiger partial charge in [0.25, 0.3) is 0 Å². The predicted octanol–water partition coefficient (Wildman–Crippen LogP) is 1.08. The van der Waals surface area contributed by atoms with Crippen LogP contribution in [0.25, 0.3) is 0 Å². The second-order valence-corrected chi connectivity index (χ2v) is 3.77. The van der Waals surface area contributed by atoms with E-state index in [2.05, 4.69) is 5.32 Å². The molecule has 0 radical (unpaired) electrons. The van der Waals surface area contributed by atoms with Gasteiger partial charge in [-0.2, -0.15) is 0 Å². The second kappa shape index (κ2) is 4.68. The molecule has 0 spiro atoms. The summed E-state index contributed by atoms with van der Waals surface area (Å²) in [5, 5.41) is 3.04. The van der Waals surface area contributed by atoms with Crippen molar-refractivity contribution in [3.8, 4) is 0 Å². The van der Waals surface area contributed by atoms with Crippen molar-refractivity contribution < 1.29 is 4.79 Å². The van der Waals surface area contributed by atoms with Gasteiger partial charge >= 0.3 is 0 Å². The molecule has 82 valence electrons. The summed E-state index contributed by atoms with van der Waals surface area (Å²) in [6, 6.07) is 5.66. The van der Waals surface area contributed by atoms with Crippen molar-refractivity contribution in [2.45, 2.75) is 6.92 Å². The lowest BCUT2D eigenvalue weighted by molar-refractivity contribution is -0.126. The third-order valence-corrected chi connectivity index (χ3v) is 2.04. The third kappa shape index (κ3) is 3.50. The fraction of sp³-hybridized carbons (Fsp3) is 0.364. The number of nitrogens with two attached hydrogens (primary N) is 1. The Balaban J connectivity index is 2.61. The molecule has 1 aromatic rings. The highest BCUT2D eigenvalue weighted by atomic mass is 16.2. The molecule has 1 aromatic carbocycles. The summed E-state index contributed by atoms with van der Waals surface area (Å²) in [6.07, 6.45) is 0. The lowest BCUT2D eigenvalue weighted by Crippen LogP contribution is -2.28. The van der Waals surface area contributed by atoms with Crippen molar-refractivity contribution in [1.29, 1.82) is 0 Å². The zero-order valence-corrected chi connectivity index (χ0v) is 9.37. The van der Waals surface area contributed by atoms with E-state index in [1.807, 2.05) is 25.1 Å². The average Bonchev–Trinajstić information content (AvgIpc) is 2.12. The van der Waals surface area contributed by atoms with Gasteiger partial charge in [0.05, 0.1) is 6.54 Å². The molecule has 15 heavy (non-hydrogen) atoms. The number of amides is 1. The van der Waals surface area contributed by atoms with Gasteiger partial charge in [-0.05, 0) is 30.7 Å². The van der Waals surface area contributed by atoms with E-state index >= 15 is 0 Å². The van der Waals surface area contributed by atoms with E-state index in [1.165, 1.54) is 0 Å². The molecule has 0 aliphatic carbocycles. The van der Waals surface area contributed by atoms with Crippen molar-refractivity contribution in [3.05, 3.63) is 23.8 Å².